The van der Waals surface area contributed by atoms with Gasteiger partial charge in [-0.3, -0.25) is 0 Å². The smallest absolute Gasteiger partial charge is 0.115 e. The van der Waals surface area contributed by atoms with Crippen LogP contribution in [0.25, 0.3) is 0 Å². The zero-order valence-electron chi connectivity index (χ0n) is 7.66. The second kappa shape index (κ2) is 3.79. The molecule has 0 spiro atoms. The Kier molecular flexibility index (Phi) is 2.50. The minimum absolute atomic E-state index is 0.366. The molecule has 0 aromatic heterocycles. The van der Waals surface area contributed by atoms with Gasteiger partial charge in [-0.25, -0.2) is 0 Å². The van der Waals surface area contributed by atoms with Crippen molar-refractivity contribution in [2.45, 2.75) is 25.3 Å². The third-order valence-corrected chi connectivity index (χ3v) is 2.58. The van der Waals surface area contributed by atoms with Gasteiger partial charge in [-0.15, -0.1) is 0 Å². The molecule has 1 aliphatic heterocycles. The second-order valence-corrected chi connectivity index (χ2v) is 3.60. The van der Waals surface area contributed by atoms with Gasteiger partial charge in [0.1, 0.15) is 5.75 Å². The Morgan fingerprint density at radius 1 is 1.31 bits per heavy atom. The van der Waals surface area contributed by atoms with Gasteiger partial charge in [-0.1, -0.05) is 18.6 Å². The summed E-state index contributed by atoms with van der Waals surface area (Å²) in [5.41, 5.74) is 1.21. The van der Waals surface area contributed by atoms with Gasteiger partial charge >= 0.3 is 0 Å². The highest BCUT2D eigenvalue weighted by molar-refractivity contribution is 5.29. The molecule has 1 aliphatic rings. The van der Waals surface area contributed by atoms with Crippen LogP contribution >= 0.6 is 0 Å². The fourth-order valence-electron chi connectivity index (χ4n) is 1.88. The van der Waals surface area contributed by atoms with E-state index in [1.165, 1.54) is 24.8 Å². The molecule has 1 atom stereocenters. The van der Waals surface area contributed by atoms with E-state index in [0.717, 1.165) is 6.54 Å². The number of rotatable bonds is 1. The maximum atomic E-state index is 9.32. The zero-order valence-corrected chi connectivity index (χ0v) is 7.66. The summed E-state index contributed by atoms with van der Waals surface area (Å²) in [4.78, 5) is 0. The van der Waals surface area contributed by atoms with E-state index in [9.17, 15) is 5.11 Å². The summed E-state index contributed by atoms with van der Waals surface area (Å²) < 4.78 is 0. The molecule has 0 aliphatic carbocycles. The van der Waals surface area contributed by atoms with Gasteiger partial charge < -0.3 is 10.4 Å². The van der Waals surface area contributed by atoms with Crippen molar-refractivity contribution in [1.82, 2.24) is 5.32 Å². The molecule has 1 heterocycles. The molecule has 1 fully saturated rings. The van der Waals surface area contributed by atoms with Crippen molar-refractivity contribution in [2.24, 2.45) is 0 Å². The summed E-state index contributed by atoms with van der Waals surface area (Å²) in [5.74, 6) is 0.366. The molecule has 0 bridgehead atoms. The van der Waals surface area contributed by atoms with Crippen molar-refractivity contribution >= 4 is 0 Å². The van der Waals surface area contributed by atoms with Gasteiger partial charge in [0.15, 0.2) is 0 Å². The van der Waals surface area contributed by atoms with Crippen LogP contribution in [-0.4, -0.2) is 11.7 Å². The number of hydrogen-bond donors (Lipinski definition) is 2. The van der Waals surface area contributed by atoms with Crippen molar-refractivity contribution in [2.75, 3.05) is 6.54 Å². The Labute approximate surface area is 78.6 Å². The lowest BCUT2D eigenvalue weighted by atomic mass is 9.97. The molecule has 1 saturated heterocycles. The van der Waals surface area contributed by atoms with Crippen LogP contribution in [0, 0.1) is 0 Å². The summed E-state index contributed by atoms with van der Waals surface area (Å²) in [6, 6.07) is 7.99. The average Bonchev–Trinajstić information content (AvgIpc) is 2.19. The molecular weight excluding hydrogens is 162 g/mol. The number of hydrogen-bond acceptors (Lipinski definition) is 2. The lowest BCUT2D eigenvalue weighted by Crippen LogP contribution is -2.26. The summed E-state index contributed by atoms with van der Waals surface area (Å²) >= 11 is 0. The highest BCUT2D eigenvalue weighted by Crippen LogP contribution is 2.24. The fourth-order valence-corrected chi connectivity index (χ4v) is 1.88. The van der Waals surface area contributed by atoms with Crippen LogP contribution in [0.4, 0.5) is 0 Å². The Hall–Kier alpha value is -1.02. The van der Waals surface area contributed by atoms with E-state index < -0.39 is 0 Å². The van der Waals surface area contributed by atoms with Crippen LogP contribution in [0.1, 0.15) is 30.9 Å². The SMILES string of the molecule is Oc1cccc(C2CCCCN2)c1. The van der Waals surface area contributed by atoms with Gasteiger partial charge in [0.05, 0.1) is 0 Å². The third-order valence-electron chi connectivity index (χ3n) is 2.58. The second-order valence-electron chi connectivity index (χ2n) is 3.60. The molecule has 0 amide bonds. The molecule has 13 heavy (non-hydrogen) atoms. The van der Waals surface area contributed by atoms with Gasteiger partial charge in [-0.2, -0.15) is 0 Å². The van der Waals surface area contributed by atoms with E-state index in [2.05, 4.69) is 11.4 Å². The Morgan fingerprint density at radius 2 is 2.23 bits per heavy atom. The van der Waals surface area contributed by atoms with E-state index >= 15 is 0 Å². The van der Waals surface area contributed by atoms with Crippen LogP contribution < -0.4 is 5.32 Å². The molecule has 2 N–H and O–H groups in total. The third kappa shape index (κ3) is 2.01. The van der Waals surface area contributed by atoms with Gasteiger partial charge in [0.25, 0.3) is 0 Å². The molecule has 0 saturated carbocycles. The van der Waals surface area contributed by atoms with E-state index in [4.69, 9.17) is 0 Å². The van der Waals surface area contributed by atoms with Crippen LogP contribution in [0.15, 0.2) is 24.3 Å². The normalized spacial score (nSPS) is 22.9. The van der Waals surface area contributed by atoms with E-state index in [1.54, 1.807) is 6.07 Å². The minimum atomic E-state index is 0.366. The summed E-state index contributed by atoms with van der Waals surface area (Å²) in [6.45, 7) is 1.10. The molecular formula is C11H15NO. The van der Waals surface area contributed by atoms with E-state index in [-0.39, 0.29) is 0 Å². The largest absolute Gasteiger partial charge is 0.508 e. The summed E-state index contributed by atoms with van der Waals surface area (Å²) in [5, 5.41) is 12.8. The predicted molar refractivity (Wildman–Crippen MR) is 52.7 cm³/mol. The molecule has 2 heteroatoms. The number of aromatic hydroxyl groups is 1. The molecule has 70 valence electrons. The Balaban J connectivity index is 2.14. The molecule has 1 aromatic rings. The first-order valence-corrected chi connectivity index (χ1v) is 4.88. The van der Waals surface area contributed by atoms with Gasteiger partial charge in [0, 0.05) is 6.04 Å². The van der Waals surface area contributed by atoms with Crippen molar-refractivity contribution in [1.29, 1.82) is 0 Å². The number of phenolic OH excluding ortho intramolecular Hbond substituents is 1. The Morgan fingerprint density at radius 3 is 2.92 bits per heavy atom. The Bertz CT molecular complexity index is 279. The first-order chi connectivity index (χ1) is 6.36. The predicted octanol–water partition coefficient (Wildman–Crippen LogP) is 2.21. The van der Waals surface area contributed by atoms with Crippen LogP contribution in [0.3, 0.4) is 0 Å². The maximum Gasteiger partial charge on any atom is 0.115 e. The lowest BCUT2D eigenvalue weighted by Gasteiger charge is -2.23. The van der Waals surface area contributed by atoms with Crippen LogP contribution in [-0.2, 0) is 0 Å². The molecule has 2 nitrogen and oxygen atoms in total. The van der Waals surface area contributed by atoms with E-state index in [0.29, 0.717) is 11.8 Å². The topological polar surface area (TPSA) is 32.3 Å². The van der Waals surface area contributed by atoms with Crippen molar-refractivity contribution < 1.29 is 5.11 Å². The number of benzene rings is 1. The number of piperidine rings is 1. The van der Waals surface area contributed by atoms with E-state index in [1.807, 2.05) is 12.1 Å². The number of phenols is 1. The van der Waals surface area contributed by atoms with Gasteiger partial charge in [-0.05, 0) is 37.1 Å². The monoisotopic (exact) mass is 177 g/mol. The molecule has 2 rings (SSSR count). The van der Waals surface area contributed by atoms with Crippen molar-refractivity contribution in [3.05, 3.63) is 29.8 Å². The first-order valence-electron chi connectivity index (χ1n) is 4.88. The lowest BCUT2D eigenvalue weighted by molar-refractivity contribution is 0.409. The van der Waals surface area contributed by atoms with Crippen molar-refractivity contribution in [3.63, 3.8) is 0 Å². The fraction of sp³-hybridized carbons (Fsp3) is 0.455. The highest BCUT2D eigenvalue weighted by atomic mass is 16.3. The first kappa shape index (κ1) is 8.57. The van der Waals surface area contributed by atoms with Crippen molar-refractivity contribution in [3.8, 4) is 5.75 Å². The minimum Gasteiger partial charge on any atom is -0.508 e. The quantitative estimate of drug-likeness (QED) is 0.689. The molecule has 1 aromatic carbocycles. The number of nitrogens with one attached hydrogen (secondary N) is 1. The zero-order chi connectivity index (χ0) is 9.10. The van der Waals surface area contributed by atoms with Crippen LogP contribution in [0.5, 0.6) is 5.75 Å². The summed E-state index contributed by atoms with van der Waals surface area (Å²) in [6.07, 6.45) is 3.74. The van der Waals surface area contributed by atoms with Crippen LogP contribution in [0.2, 0.25) is 0 Å². The highest BCUT2D eigenvalue weighted by Gasteiger charge is 2.14. The maximum absolute atomic E-state index is 9.32. The molecule has 0 radical (unpaired) electrons. The average molecular weight is 177 g/mol. The van der Waals surface area contributed by atoms with Gasteiger partial charge in [0.2, 0.25) is 0 Å². The molecule has 1 unspecified atom stereocenters. The summed E-state index contributed by atoms with van der Waals surface area (Å²) in [7, 11) is 0. The standard InChI is InChI=1S/C11H15NO/c13-10-5-3-4-9(8-10)11-6-1-2-7-12-11/h3-5,8,11-13H,1-2,6-7H2.